The number of thioether (sulfide) groups is 1. The van der Waals surface area contributed by atoms with E-state index in [0.717, 1.165) is 12.0 Å². The zero-order valence-electron chi connectivity index (χ0n) is 8.39. The molecular formula is C10H18OS. The van der Waals surface area contributed by atoms with E-state index >= 15 is 0 Å². The minimum Gasteiger partial charge on any atom is -0.294 e. The summed E-state index contributed by atoms with van der Waals surface area (Å²) in [5.41, 5.74) is 1.09. The molecule has 1 atom stereocenters. The smallest absolute Gasteiger partial charge is 0.165 e. The van der Waals surface area contributed by atoms with Gasteiger partial charge in [-0.3, -0.25) is 4.79 Å². The molecule has 0 bridgehead atoms. The van der Waals surface area contributed by atoms with Gasteiger partial charge in [0, 0.05) is 5.25 Å². The standard InChI is InChI=1S/C10H18OS/c1-5-9(4)12-7-10(11)6-8(2)3/h6,9H,5,7H2,1-4H3. The van der Waals surface area contributed by atoms with Gasteiger partial charge < -0.3 is 0 Å². The Morgan fingerprint density at radius 2 is 2.08 bits per heavy atom. The van der Waals surface area contributed by atoms with Gasteiger partial charge in [0.25, 0.3) is 0 Å². The number of rotatable bonds is 5. The van der Waals surface area contributed by atoms with E-state index in [4.69, 9.17) is 0 Å². The van der Waals surface area contributed by atoms with Crippen LogP contribution in [0, 0.1) is 0 Å². The third-order valence-corrected chi connectivity index (χ3v) is 2.89. The van der Waals surface area contributed by atoms with Gasteiger partial charge in [0.1, 0.15) is 0 Å². The minimum absolute atomic E-state index is 0.236. The van der Waals surface area contributed by atoms with Gasteiger partial charge >= 0.3 is 0 Å². The molecule has 0 heterocycles. The summed E-state index contributed by atoms with van der Waals surface area (Å²) in [6.45, 7) is 8.20. The molecule has 0 saturated carbocycles. The van der Waals surface area contributed by atoms with Crippen LogP contribution in [-0.2, 0) is 4.79 Å². The van der Waals surface area contributed by atoms with E-state index in [9.17, 15) is 4.79 Å². The van der Waals surface area contributed by atoms with Gasteiger partial charge in [-0.15, -0.1) is 0 Å². The van der Waals surface area contributed by atoms with Gasteiger partial charge in [0.05, 0.1) is 5.75 Å². The second-order valence-corrected chi connectivity index (χ2v) is 4.64. The molecule has 0 rings (SSSR count). The highest BCUT2D eigenvalue weighted by molar-refractivity contribution is 8.00. The summed E-state index contributed by atoms with van der Waals surface area (Å²) in [7, 11) is 0. The molecule has 1 nitrogen and oxygen atoms in total. The molecule has 0 fully saturated rings. The van der Waals surface area contributed by atoms with Crippen molar-refractivity contribution in [2.75, 3.05) is 5.75 Å². The zero-order chi connectivity index (χ0) is 9.56. The van der Waals surface area contributed by atoms with Crippen LogP contribution in [0.5, 0.6) is 0 Å². The van der Waals surface area contributed by atoms with Crippen molar-refractivity contribution in [3.63, 3.8) is 0 Å². The first-order valence-electron chi connectivity index (χ1n) is 4.35. The SMILES string of the molecule is CCC(C)SCC(=O)C=C(C)C. The van der Waals surface area contributed by atoms with Crippen molar-refractivity contribution in [3.05, 3.63) is 11.6 Å². The lowest BCUT2D eigenvalue weighted by Crippen LogP contribution is -2.02. The van der Waals surface area contributed by atoms with Gasteiger partial charge in [-0.2, -0.15) is 11.8 Å². The Kier molecular flexibility index (Phi) is 6.17. The van der Waals surface area contributed by atoms with Crippen LogP contribution in [0.2, 0.25) is 0 Å². The molecule has 0 N–H and O–H groups in total. The maximum absolute atomic E-state index is 11.2. The zero-order valence-corrected chi connectivity index (χ0v) is 9.20. The lowest BCUT2D eigenvalue weighted by atomic mass is 10.3. The van der Waals surface area contributed by atoms with Gasteiger partial charge in [0.2, 0.25) is 0 Å². The summed E-state index contributed by atoms with van der Waals surface area (Å²) in [5.74, 6) is 0.862. The fourth-order valence-corrected chi connectivity index (χ4v) is 1.47. The Morgan fingerprint density at radius 1 is 1.50 bits per heavy atom. The van der Waals surface area contributed by atoms with E-state index in [2.05, 4.69) is 13.8 Å². The van der Waals surface area contributed by atoms with Crippen molar-refractivity contribution in [1.82, 2.24) is 0 Å². The van der Waals surface area contributed by atoms with Crippen molar-refractivity contribution in [3.8, 4) is 0 Å². The first-order valence-corrected chi connectivity index (χ1v) is 5.40. The molecule has 0 saturated heterocycles. The molecule has 1 unspecified atom stereocenters. The molecule has 0 aromatic carbocycles. The summed E-state index contributed by atoms with van der Waals surface area (Å²) in [6.07, 6.45) is 2.85. The molecular weight excluding hydrogens is 168 g/mol. The Morgan fingerprint density at radius 3 is 2.50 bits per heavy atom. The highest BCUT2D eigenvalue weighted by atomic mass is 32.2. The van der Waals surface area contributed by atoms with E-state index in [1.165, 1.54) is 0 Å². The van der Waals surface area contributed by atoms with Crippen LogP contribution in [0.4, 0.5) is 0 Å². The van der Waals surface area contributed by atoms with Crippen molar-refractivity contribution < 1.29 is 4.79 Å². The molecule has 0 aromatic rings. The fourth-order valence-electron chi connectivity index (χ4n) is 0.706. The molecule has 12 heavy (non-hydrogen) atoms. The molecule has 0 radical (unpaired) electrons. The minimum atomic E-state index is 0.236. The maximum Gasteiger partial charge on any atom is 0.165 e. The molecule has 0 aliphatic heterocycles. The number of hydrogen-bond acceptors (Lipinski definition) is 2. The van der Waals surface area contributed by atoms with E-state index in [1.807, 2.05) is 13.8 Å². The predicted octanol–water partition coefficient (Wildman–Crippen LogP) is 3.05. The van der Waals surface area contributed by atoms with E-state index in [-0.39, 0.29) is 5.78 Å². The second-order valence-electron chi connectivity index (χ2n) is 3.22. The molecule has 0 spiro atoms. The molecule has 2 heteroatoms. The monoisotopic (exact) mass is 186 g/mol. The molecule has 0 aromatic heterocycles. The Bertz CT molecular complexity index is 169. The maximum atomic E-state index is 11.2. The summed E-state index contributed by atoms with van der Waals surface area (Å²) < 4.78 is 0. The van der Waals surface area contributed by atoms with Crippen LogP contribution in [0.15, 0.2) is 11.6 Å². The van der Waals surface area contributed by atoms with Gasteiger partial charge in [-0.1, -0.05) is 19.4 Å². The predicted molar refractivity (Wildman–Crippen MR) is 56.6 cm³/mol. The lowest BCUT2D eigenvalue weighted by Gasteiger charge is -2.05. The van der Waals surface area contributed by atoms with E-state index < -0.39 is 0 Å². The van der Waals surface area contributed by atoms with Gasteiger partial charge in [-0.05, 0) is 26.3 Å². The summed E-state index contributed by atoms with van der Waals surface area (Å²) in [6, 6.07) is 0. The largest absolute Gasteiger partial charge is 0.294 e. The number of carbonyl (C=O) groups excluding carboxylic acids is 1. The first kappa shape index (κ1) is 11.8. The number of ketones is 1. The average molecular weight is 186 g/mol. The molecule has 0 aliphatic carbocycles. The lowest BCUT2D eigenvalue weighted by molar-refractivity contribution is -0.112. The van der Waals surface area contributed by atoms with Crippen LogP contribution >= 0.6 is 11.8 Å². The van der Waals surface area contributed by atoms with Crippen molar-refractivity contribution >= 4 is 17.5 Å². The summed E-state index contributed by atoms with van der Waals surface area (Å²) in [5, 5.41) is 0.597. The van der Waals surface area contributed by atoms with E-state index in [1.54, 1.807) is 17.8 Å². The third-order valence-electron chi connectivity index (χ3n) is 1.53. The highest BCUT2D eigenvalue weighted by Crippen LogP contribution is 2.13. The average Bonchev–Trinajstić information content (AvgIpc) is 1.99. The Balaban J connectivity index is 3.65. The van der Waals surface area contributed by atoms with Gasteiger partial charge in [-0.25, -0.2) is 0 Å². The third kappa shape index (κ3) is 6.47. The van der Waals surface area contributed by atoms with Crippen LogP contribution in [0.25, 0.3) is 0 Å². The fraction of sp³-hybridized carbons (Fsp3) is 0.700. The highest BCUT2D eigenvalue weighted by Gasteiger charge is 2.02. The molecule has 0 aliphatic rings. The first-order chi connectivity index (χ1) is 5.56. The quantitative estimate of drug-likeness (QED) is 0.614. The van der Waals surface area contributed by atoms with Crippen LogP contribution in [0.3, 0.4) is 0 Å². The number of allylic oxidation sites excluding steroid dienone is 2. The topological polar surface area (TPSA) is 17.1 Å². The van der Waals surface area contributed by atoms with Crippen LogP contribution in [0.1, 0.15) is 34.1 Å². The molecule has 0 amide bonds. The Hall–Kier alpha value is -0.240. The second kappa shape index (κ2) is 6.30. The van der Waals surface area contributed by atoms with E-state index in [0.29, 0.717) is 11.0 Å². The number of hydrogen-bond donors (Lipinski definition) is 0. The van der Waals surface area contributed by atoms with Crippen molar-refractivity contribution in [2.45, 2.75) is 39.4 Å². The molecule has 70 valence electrons. The normalized spacial score (nSPS) is 12.3. The van der Waals surface area contributed by atoms with Crippen molar-refractivity contribution in [1.29, 1.82) is 0 Å². The van der Waals surface area contributed by atoms with Gasteiger partial charge in [0.15, 0.2) is 5.78 Å². The summed E-state index contributed by atoms with van der Waals surface area (Å²) in [4.78, 5) is 11.2. The van der Waals surface area contributed by atoms with Crippen LogP contribution in [-0.4, -0.2) is 16.8 Å². The number of carbonyl (C=O) groups is 1. The Labute approximate surface area is 79.6 Å². The summed E-state index contributed by atoms with van der Waals surface area (Å²) >= 11 is 1.73. The van der Waals surface area contributed by atoms with Crippen LogP contribution < -0.4 is 0 Å². The van der Waals surface area contributed by atoms with Crippen molar-refractivity contribution in [2.24, 2.45) is 0 Å².